The van der Waals surface area contributed by atoms with Crippen LogP contribution >= 0.6 is 0 Å². The molecular weight excluding hydrogens is 238 g/mol. The van der Waals surface area contributed by atoms with Crippen molar-refractivity contribution in [2.45, 2.75) is 18.9 Å². The molecule has 3 aromatic rings. The third-order valence-corrected chi connectivity index (χ3v) is 3.12. The molecule has 19 heavy (non-hydrogen) atoms. The van der Waals surface area contributed by atoms with Crippen LogP contribution in [0, 0.1) is 0 Å². The summed E-state index contributed by atoms with van der Waals surface area (Å²) < 4.78 is 0. The summed E-state index contributed by atoms with van der Waals surface area (Å²) in [7, 11) is 0. The Morgan fingerprint density at radius 2 is 2.05 bits per heavy atom. The van der Waals surface area contributed by atoms with E-state index in [2.05, 4.69) is 32.1 Å². The summed E-state index contributed by atoms with van der Waals surface area (Å²) in [5.41, 5.74) is 8.94. The van der Waals surface area contributed by atoms with Gasteiger partial charge in [0, 0.05) is 0 Å². The van der Waals surface area contributed by atoms with Gasteiger partial charge in [-0.05, 0) is 18.4 Å². The van der Waals surface area contributed by atoms with Crippen LogP contribution in [0.25, 0.3) is 11.2 Å². The maximum Gasteiger partial charge on any atom is 0.180 e. The standard InChI is InChI=1S/C14H15N5/c15-11(7-6-10-4-2-1-3-5-10)13-18-12-8-16-9-17-14(12)19-13/h1-5,8-9,11H,6-7,15H2,(H,16,17,18,19). The van der Waals surface area contributed by atoms with Crippen LogP contribution in [-0.4, -0.2) is 19.9 Å². The number of aromatic amines is 1. The predicted molar refractivity (Wildman–Crippen MR) is 73.4 cm³/mol. The second kappa shape index (κ2) is 5.16. The van der Waals surface area contributed by atoms with Crippen LogP contribution in [0.5, 0.6) is 0 Å². The minimum absolute atomic E-state index is 0.116. The number of rotatable bonds is 4. The van der Waals surface area contributed by atoms with Crippen molar-refractivity contribution < 1.29 is 0 Å². The molecule has 2 aromatic heterocycles. The molecule has 0 fully saturated rings. The zero-order valence-corrected chi connectivity index (χ0v) is 10.5. The second-order valence-electron chi connectivity index (χ2n) is 4.51. The molecule has 0 saturated carbocycles. The van der Waals surface area contributed by atoms with Gasteiger partial charge in [-0.25, -0.2) is 15.0 Å². The number of nitrogens with one attached hydrogen (secondary N) is 1. The lowest BCUT2D eigenvalue weighted by Crippen LogP contribution is -2.13. The molecule has 2 heterocycles. The zero-order chi connectivity index (χ0) is 13.1. The molecule has 0 aliphatic heterocycles. The number of imidazole rings is 1. The molecule has 0 saturated heterocycles. The molecule has 1 unspecified atom stereocenters. The lowest BCUT2D eigenvalue weighted by Gasteiger charge is -2.08. The van der Waals surface area contributed by atoms with Gasteiger partial charge in [-0.1, -0.05) is 30.3 Å². The van der Waals surface area contributed by atoms with Crippen molar-refractivity contribution in [2.75, 3.05) is 0 Å². The Morgan fingerprint density at radius 3 is 2.84 bits per heavy atom. The number of benzene rings is 1. The van der Waals surface area contributed by atoms with E-state index < -0.39 is 0 Å². The fourth-order valence-corrected chi connectivity index (χ4v) is 2.06. The van der Waals surface area contributed by atoms with Crippen molar-refractivity contribution >= 4 is 11.2 Å². The molecule has 3 rings (SSSR count). The zero-order valence-electron chi connectivity index (χ0n) is 10.5. The lowest BCUT2D eigenvalue weighted by molar-refractivity contribution is 0.621. The highest BCUT2D eigenvalue weighted by atomic mass is 15.0. The van der Waals surface area contributed by atoms with E-state index in [0.29, 0.717) is 5.65 Å². The van der Waals surface area contributed by atoms with Gasteiger partial charge < -0.3 is 10.7 Å². The Kier molecular flexibility index (Phi) is 3.20. The van der Waals surface area contributed by atoms with E-state index in [4.69, 9.17) is 5.73 Å². The van der Waals surface area contributed by atoms with Crippen LogP contribution in [0.3, 0.4) is 0 Å². The molecule has 96 valence electrons. The summed E-state index contributed by atoms with van der Waals surface area (Å²) in [5.74, 6) is 0.770. The topological polar surface area (TPSA) is 80.5 Å². The summed E-state index contributed by atoms with van der Waals surface area (Å²) in [6.07, 6.45) is 4.98. The fraction of sp³-hybridized carbons (Fsp3) is 0.214. The Balaban J connectivity index is 1.71. The number of nitrogens with two attached hydrogens (primary N) is 1. The number of hydrogen-bond acceptors (Lipinski definition) is 4. The van der Waals surface area contributed by atoms with Crippen molar-refractivity contribution in [3.63, 3.8) is 0 Å². The highest BCUT2D eigenvalue weighted by Gasteiger charge is 2.11. The number of hydrogen-bond donors (Lipinski definition) is 2. The largest absolute Gasteiger partial charge is 0.338 e. The third-order valence-electron chi connectivity index (χ3n) is 3.12. The minimum atomic E-state index is -0.116. The normalized spacial score (nSPS) is 12.7. The summed E-state index contributed by atoms with van der Waals surface area (Å²) in [5, 5.41) is 0. The maximum atomic E-state index is 6.16. The lowest BCUT2D eigenvalue weighted by atomic mass is 10.1. The quantitative estimate of drug-likeness (QED) is 0.745. The molecule has 0 aliphatic carbocycles. The average Bonchev–Trinajstić information content (AvgIpc) is 2.90. The van der Waals surface area contributed by atoms with Crippen LogP contribution in [0.1, 0.15) is 23.9 Å². The third kappa shape index (κ3) is 2.61. The molecule has 3 N–H and O–H groups in total. The summed E-state index contributed by atoms with van der Waals surface area (Å²) >= 11 is 0. The minimum Gasteiger partial charge on any atom is -0.338 e. The van der Waals surface area contributed by atoms with Crippen molar-refractivity contribution in [3.05, 3.63) is 54.2 Å². The van der Waals surface area contributed by atoms with Crippen molar-refractivity contribution in [1.82, 2.24) is 19.9 Å². The first kappa shape index (κ1) is 11.8. The molecule has 1 aromatic carbocycles. The monoisotopic (exact) mass is 253 g/mol. The van der Waals surface area contributed by atoms with Gasteiger partial charge in [-0.15, -0.1) is 0 Å². The van der Waals surface area contributed by atoms with E-state index in [1.807, 2.05) is 18.2 Å². The highest BCUT2D eigenvalue weighted by molar-refractivity contribution is 5.68. The van der Waals surface area contributed by atoms with Crippen molar-refractivity contribution in [3.8, 4) is 0 Å². The molecule has 0 bridgehead atoms. The van der Waals surface area contributed by atoms with Gasteiger partial charge in [0.25, 0.3) is 0 Å². The predicted octanol–water partition coefficient (Wildman–Crippen LogP) is 1.99. The fourth-order valence-electron chi connectivity index (χ4n) is 2.06. The summed E-state index contributed by atoms with van der Waals surface area (Å²) in [4.78, 5) is 15.6. The van der Waals surface area contributed by atoms with Gasteiger partial charge in [-0.3, -0.25) is 0 Å². The van der Waals surface area contributed by atoms with Gasteiger partial charge in [0.05, 0.1) is 12.2 Å². The van der Waals surface area contributed by atoms with Gasteiger partial charge in [0.2, 0.25) is 0 Å². The molecule has 5 nitrogen and oxygen atoms in total. The molecule has 0 radical (unpaired) electrons. The smallest absolute Gasteiger partial charge is 0.180 e. The van der Waals surface area contributed by atoms with Gasteiger partial charge in [0.1, 0.15) is 17.7 Å². The van der Waals surface area contributed by atoms with Crippen LogP contribution in [0.2, 0.25) is 0 Å². The SMILES string of the molecule is NC(CCc1ccccc1)c1nc2ncncc2[nH]1. The van der Waals surface area contributed by atoms with E-state index >= 15 is 0 Å². The van der Waals surface area contributed by atoms with E-state index in [1.54, 1.807) is 6.20 Å². The average molecular weight is 253 g/mol. The van der Waals surface area contributed by atoms with Crippen LogP contribution in [0.15, 0.2) is 42.9 Å². The number of nitrogens with zero attached hydrogens (tertiary/aromatic N) is 3. The molecule has 1 atom stereocenters. The van der Waals surface area contributed by atoms with Gasteiger partial charge >= 0.3 is 0 Å². The van der Waals surface area contributed by atoms with Crippen LogP contribution in [-0.2, 0) is 6.42 Å². The number of H-pyrrole nitrogens is 1. The van der Waals surface area contributed by atoms with E-state index in [-0.39, 0.29) is 6.04 Å². The second-order valence-corrected chi connectivity index (χ2v) is 4.51. The Hall–Kier alpha value is -2.27. The molecule has 5 heteroatoms. The summed E-state index contributed by atoms with van der Waals surface area (Å²) in [6, 6.07) is 10.2. The Bertz CT molecular complexity index is 629. The van der Waals surface area contributed by atoms with Crippen LogP contribution < -0.4 is 5.73 Å². The van der Waals surface area contributed by atoms with Crippen molar-refractivity contribution in [2.24, 2.45) is 5.73 Å². The first-order valence-corrected chi connectivity index (χ1v) is 6.28. The van der Waals surface area contributed by atoms with E-state index in [1.165, 1.54) is 11.9 Å². The first-order valence-electron chi connectivity index (χ1n) is 6.28. The van der Waals surface area contributed by atoms with Crippen molar-refractivity contribution in [1.29, 1.82) is 0 Å². The Morgan fingerprint density at radius 1 is 1.21 bits per heavy atom. The molecule has 0 aliphatic rings. The molecule has 0 amide bonds. The molecule has 0 spiro atoms. The van der Waals surface area contributed by atoms with Crippen LogP contribution in [0.4, 0.5) is 0 Å². The van der Waals surface area contributed by atoms with E-state index in [9.17, 15) is 0 Å². The summed E-state index contributed by atoms with van der Waals surface area (Å²) in [6.45, 7) is 0. The highest BCUT2D eigenvalue weighted by Crippen LogP contribution is 2.16. The van der Waals surface area contributed by atoms with Gasteiger partial charge in [-0.2, -0.15) is 0 Å². The first-order chi connectivity index (χ1) is 9.33. The Labute approximate surface area is 110 Å². The number of aryl methyl sites for hydroxylation is 1. The maximum absolute atomic E-state index is 6.16. The van der Waals surface area contributed by atoms with E-state index in [0.717, 1.165) is 24.2 Å². The number of aromatic nitrogens is 4. The van der Waals surface area contributed by atoms with Gasteiger partial charge in [0.15, 0.2) is 5.65 Å². The molecular formula is C14H15N5. The number of fused-ring (bicyclic) bond motifs is 1.